The summed E-state index contributed by atoms with van der Waals surface area (Å²) >= 11 is 0. The average Bonchev–Trinajstić information content (AvgIpc) is 2.82. The number of likely N-dealkylation sites (tertiary alicyclic amines) is 1. The van der Waals surface area contributed by atoms with Gasteiger partial charge in [-0.25, -0.2) is 8.42 Å². The Labute approximate surface area is 95.0 Å². The van der Waals surface area contributed by atoms with Crippen molar-refractivity contribution in [3.05, 3.63) is 0 Å². The average molecular weight is 242 g/mol. The van der Waals surface area contributed by atoms with Crippen LogP contribution in [-0.4, -0.2) is 43.3 Å². The molecule has 0 radical (unpaired) electrons. The van der Waals surface area contributed by atoms with Gasteiger partial charge in [-0.2, -0.15) is 5.26 Å². The van der Waals surface area contributed by atoms with Crippen molar-refractivity contribution in [2.24, 2.45) is 5.92 Å². The summed E-state index contributed by atoms with van der Waals surface area (Å²) in [5, 5.41) is 8.87. The van der Waals surface area contributed by atoms with Gasteiger partial charge in [0.2, 0.25) is 5.91 Å². The highest BCUT2D eigenvalue weighted by atomic mass is 32.2. The zero-order valence-corrected chi connectivity index (χ0v) is 9.74. The Kier molecular flexibility index (Phi) is 2.89. The summed E-state index contributed by atoms with van der Waals surface area (Å²) in [7, 11) is -3.02. The summed E-state index contributed by atoms with van der Waals surface area (Å²) in [5.41, 5.74) is 0. The van der Waals surface area contributed by atoms with Crippen LogP contribution in [0.15, 0.2) is 0 Å². The molecule has 2 fully saturated rings. The SMILES string of the molecule is N#CC1CCCN1C(=O)C1CCS(=O)(=O)C1. The van der Waals surface area contributed by atoms with Crippen LogP contribution in [0.1, 0.15) is 19.3 Å². The molecule has 0 aliphatic carbocycles. The number of carbonyl (C=O) groups is 1. The van der Waals surface area contributed by atoms with Gasteiger partial charge < -0.3 is 4.90 Å². The molecule has 0 aromatic heterocycles. The zero-order chi connectivity index (χ0) is 11.8. The molecule has 5 nitrogen and oxygen atoms in total. The number of nitriles is 1. The number of carbonyl (C=O) groups excluding carboxylic acids is 1. The van der Waals surface area contributed by atoms with Crippen molar-refractivity contribution < 1.29 is 13.2 Å². The van der Waals surface area contributed by atoms with E-state index in [2.05, 4.69) is 6.07 Å². The summed E-state index contributed by atoms with van der Waals surface area (Å²) in [6.45, 7) is 0.591. The van der Waals surface area contributed by atoms with Crippen LogP contribution < -0.4 is 0 Å². The van der Waals surface area contributed by atoms with Crippen molar-refractivity contribution in [1.29, 1.82) is 5.26 Å². The van der Waals surface area contributed by atoms with Gasteiger partial charge >= 0.3 is 0 Å². The fourth-order valence-corrected chi connectivity index (χ4v) is 4.12. The van der Waals surface area contributed by atoms with Crippen molar-refractivity contribution in [3.63, 3.8) is 0 Å². The topological polar surface area (TPSA) is 78.2 Å². The minimum Gasteiger partial charge on any atom is -0.326 e. The van der Waals surface area contributed by atoms with Crippen molar-refractivity contribution in [1.82, 2.24) is 4.90 Å². The summed E-state index contributed by atoms with van der Waals surface area (Å²) in [6, 6.07) is 1.74. The summed E-state index contributed by atoms with van der Waals surface area (Å²) in [5.74, 6) is -0.501. The van der Waals surface area contributed by atoms with E-state index in [1.54, 1.807) is 4.90 Å². The molecule has 2 heterocycles. The molecule has 0 bridgehead atoms. The van der Waals surface area contributed by atoms with Crippen molar-refractivity contribution in [2.45, 2.75) is 25.3 Å². The first-order chi connectivity index (χ1) is 7.53. The molecular formula is C10H14N2O3S. The van der Waals surface area contributed by atoms with E-state index < -0.39 is 15.8 Å². The first kappa shape index (κ1) is 11.4. The minimum absolute atomic E-state index is 0.0412. The van der Waals surface area contributed by atoms with Gasteiger partial charge in [-0.3, -0.25) is 4.79 Å². The Bertz CT molecular complexity index is 437. The van der Waals surface area contributed by atoms with Gasteiger partial charge in [-0.05, 0) is 19.3 Å². The Morgan fingerprint density at radius 1 is 1.38 bits per heavy atom. The van der Waals surface area contributed by atoms with Crippen LogP contribution in [0.3, 0.4) is 0 Å². The fourth-order valence-electron chi connectivity index (χ4n) is 2.39. The smallest absolute Gasteiger partial charge is 0.227 e. The molecule has 2 unspecified atom stereocenters. The zero-order valence-electron chi connectivity index (χ0n) is 8.92. The Morgan fingerprint density at radius 3 is 2.69 bits per heavy atom. The lowest BCUT2D eigenvalue weighted by molar-refractivity contribution is -0.134. The molecule has 0 aromatic rings. The van der Waals surface area contributed by atoms with E-state index in [1.807, 2.05) is 0 Å². The summed E-state index contributed by atoms with van der Waals surface area (Å²) in [4.78, 5) is 13.6. The van der Waals surface area contributed by atoms with Crippen LogP contribution in [-0.2, 0) is 14.6 Å². The molecule has 2 aliphatic heterocycles. The minimum atomic E-state index is -3.02. The van der Waals surface area contributed by atoms with Gasteiger partial charge in [-0.1, -0.05) is 0 Å². The van der Waals surface area contributed by atoms with Gasteiger partial charge in [0.15, 0.2) is 9.84 Å². The predicted octanol–water partition coefficient (Wildman–Crippen LogP) is -0.0643. The van der Waals surface area contributed by atoms with Gasteiger partial charge in [0.05, 0.1) is 23.5 Å². The third-order valence-electron chi connectivity index (χ3n) is 3.27. The van der Waals surface area contributed by atoms with Crippen molar-refractivity contribution in [3.8, 4) is 6.07 Å². The van der Waals surface area contributed by atoms with E-state index in [4.69, 9.17) is 5.26 Å². The molecule has 1 amide bonds. The number of sulfone groups is 1. The molecule has 0 aromatic carbocycles. The third kappa shape index (κ3) is 2.05. The van der Waals surface area contributed by atoms with Crippen LogP contribution in [0.4, 0.5) is 0 Å². The highest BCUT2D eigenvalue weighted by molar-refractivity contribution is 7.91. The Morgan fingerprint density at radius 2 is 2.12 bits per heavy atom. The van der Waals surface area contributed by atoms with Crippen LogP contribution in [0.5, 0.6) is 0 Å². The van der Waals surface area contributed by atoms with Crippen molar-refractivity contribution >= 4 is 15.7 Å². The predicted molar refractivity (Wildman–Crippen MR) is 57.1 cm³/mol. The second kappa shape index (κ2) is 4.06. The monoisotopic (exact) mass is 242 g/mol. The lowest BCUT2D eigenvalue weighted by Crippen LogP contribution is -2.39. The molecule has 16 heavy (non-hydrogen) atoms. The van der Waals surface area contributed by atoms with Crippen LogP contribution >= 0.6 is 0 Å². The molecular weight excluding hydrogens is 228 g/mol. The Hall–Kier alpha value is -1.09. The quantitative estimate of drug-likeness (QED) is 0.645. The molecule has 0 N–H and O–H groups in total. The number of hydrogen-bond donors (Lipinski definition) is 0. The standard InChI is InChI=1S/C10H14N2O3S/c11-6-9-2-1-4-12(9)10(13)8-3-5-16(14,15)7-8/h8-9H,1-5,7H2. The van der Waals surface area contributed by atoms with Crippen LogP contribution in [0.25, 0.3) is 0 Å². The molecule has 6 heteroatoms. The third-order valence-corrected chi connectivity index (χ3v) is 5.03. The Balaban J connectivity index is 2.06. The highest BCUT2D eigenvalue weighted by Gasteiger charge is 2.38. The normalized spacial score (nSPS) is 32.6. The molecule has 2 atom stereocenters. The lowest BCUT2D eigenvalue weighted by atomic mass is 10.1. The highest BCUT2D eigenvalue weighted by Crippen LogP contribution is 2.25. The van der Waals surface area contributed by atoms with Gasteiger partial charge in [-0.15, -0.1) is 0 Å². The van der Waals surface area contributed by atoms with E-state index in [-0.39, 0.29) is 23.5 Å². The molecule has 88 valence electrons. The first-order valence-electron chi connectivity index (χ1n) is 5.44. The number of amides is 1. The van der Waals surface area contributed by atoms with Crippen LogP contribution in [0, 0.1) is 17.2 Å². The summed E-state index contributed by atoms with van der Waals surface area (Å²) in [6.07, 6.45) is 1.96. The summed E-state index contributed by atoms with van der Waals surface area (Å²) < 4.78 is 22.6. The number of hydrogen-bond acceptors (Lipinski definition) is 4. The number of rotatable bonds is 1. The first-order valence-corrected chi connectivity index (χ1v) is 7.26. The second-order valence-electron chi connectivity index (χ2n) is 4.42. The molecule has 0 spiro atoms. The van der Waals surface area contributed by atoms with E-state index in [0.29, 0.717) is 19.4 Å². The maximum atomic E-state index is 12.0. The van der Waals surface area contributed by atoms with Gasteiger partial charge in [0.25, 0.3) is 0 Å². The molecule has 2 rings (SSSR count). The number of nitrogens with zero attached hydrogens (tertiary/aromatic N) is 2. The lowest BCUT2D eigenvalue weighted by Gasteiger charge is -2.22. The maximum Gasteiger partial charge on any atom is 0.227 e. The largest absolute Gasteiger partial charge is 0.326 e. The maximum absolute atomic E-state index is 12.0. The van der Waals surface area contributed by atoms with E-state index in [9.17, 15) is 13.2 Å². The van der Waals surface area contributed by atoms with E-state index in [1.165, 1.54) is 0 Å². The van der Waals surface area contributed by atoms with E-state index >= 15 is 0 Å². The fraction of sp³-hybridized carbons (Fsp3) is 0.800. The van der Waals surface area contributed by atoms with Crippen LogP contribution in [0.2, 0.25) is 0 Å². The molecule has 2 saturated heterocycles. The van der Waals surface area contributed by atoms with E-state index in [0.717, 1.165) is 6.42 Å². The van der Waals surface area contributed by atoms with Gasteiger partial charge in [0.1, 0.15) is 6.04 Å². The van der Waals surface area contributed by atoms with Gasteiger partial charge in [0, 0.05) is 6.54 Å². The second-order valence-corrected chi connectivity index (χ2v) is 6.65. The molecule has 0 saturated carbocycles. The van der Waals surface area contributed by atoms with Crippen molar-refractivity contribution in [2.75, 3.05) is 18.1 Å². The molecule has 2 aliphatic rings.